The van der Waals surface area contributed by atoms with Crippen LogP contribution in [0.25, 0.3) is 0 Å². The quantitative estimate of drug-likeness (QED) is 0.807. The summed E-state index contributed by atoms with van der Waals surface area (Å²) in [7, 11) is 0. The Morgan fingerprint density at radius 3 is 2.60 bits per heavy atom. The first-order chi connectivity index (χ1) is 9.58. The summed E-state index contributed by atoms with van der Waals surface area (Å²) in [6.45, 7) is 0.460. The van der Waals surface area contributed by atoms with Crippen LogP contribution in [0.1, 0.15) is 17.3 Å². The molecule has 1 aromatic carbocycles. The molecule has 1 aromatic heterocycles. The number of halogens is 2. The predicted molar refractivity (Wildman–Crippen MR) is 83.3 cm³/mol. The van der Waals surface area contributed by atoms with Crippen LogP contribution in [-0.2, 0) is 11.3 Å². The molecule has 0 amide bonds. The number of carboxylic acid groups (broad SMARTS) is 1. The average Bonchev–Trinajstić information content (AvgIpc) is 2.42. The van der Waals surface area contributed by atoms with Gasteiger partial charge in [-0.15, -0.1) is 0 Å². The van der Waals surface area contributed by atoms with Gasteiger partial charge in [-0.25, -0.2) is 0 Å². The molecular formula is C14H12Br2N2O2. The molecular weight excluding hydrogens is 388 g/mol. The van der Waals surface area contributed by atoms with E-state index in [-0.39, 0.29) is 0 Å². The second-order valence-corrected chi connectivity index (χ2v) is 5.93. The van der Waals surface area contributed by atoms with Crippen molar-refractivity contribution in [2.75, 3.05) is 0 Å². The number of aromatic nitrogens is 1. The van der Waals surface area contributed by atoms with E-state index in [9.17, 15) is 9.90 Å². The van der Waals surface area contributed by atoms with E-state index in [1.54, 1.807) is 12.3 Å². The summed E-state index contributed by atoms with van der Waals surface area (Å²) in [4.78, 5) is 15.6. The van der Waals surface area contributed by atoms with Gasteiger partial charge >= 0.3 is 5.97 Å². The maximum Gasteiger partial charge on any atom is 0.327 e. The number of rotatable bonds is 5. The molecule has 0 bridgehead atoms. The molecule has 1 atom stereocenters. The third kappa shape index (κ3) is 3.88. The minimum atomic E-state index is -0.962. The van der Waals surface area contributed by atoms with Crippen molar-refractivity contribution in [2.45, 2.75) is 12.6 Å². The summed E-state index contributed by atoms with van der Waals surface area (Å²) in [6.07, 6.45) is 1.58. The van der Waals surface area contributed by atoms with Crippen LogP contribution >= 0.6 is 31.9 Å². The molecule has 0 aliphatic heterocycles. The lowest BCUT2D eigenvalue weighted by Gasteiger charge is -2.15. The normalized spacial score (nSPS) is 12.1. The van der Waals surface area contributed by atoms with Gasteiger partial charge in [0.15, 0.2) is 0 Å². The van der Waals surface area contributed by atoms with E-state index in [4.69, 9.17) is 0 Å². The summed E-state index contributed by atoms with van der Waals surface area (Å²) >= 11 is 6.64. The van der Waals surface area contributed by atoms with Gasteiger partial charge in [-0.1, -0.05) is 30.3 Å². The Hall–Kier alpha value is -1.24. The summed E-state index contributed by atoms with van der Waals surface area (Å²) < 4.78 is 1.44. The number of nitrogens with zero attached hydrogens (tertiary/aromatic N) is 1. The monoisotopic (exact) mass is 398 g/mol. The zero-order chi connectivity index (χ0) is 14.5. The Morgan fingerprint density at radius 2 is 2.00 bits per heavy atom. The van der Waals surface area contributed by atoms with Crippen molar-refractivity contribution >= 4 is 37.8 Å². The number of pyridine rings is 1. The first-order valence-electron chi connectivity index (χ1n) is 5.89. The smallest absolute Gasteiger partial charge is 0.327 e. The minimum absolute atomic E-state index is 0.455. The zero-order valence-electron chi connectivity index (χ0n) is 10.4. The summed E-state index contributed by atoms with van der Waals surface area (Å²) in [5.74, 6) is -0.962. The number of carbonyl (C=O) groups is 1. The van der Waals surface area contributed by atoms with E-state index in [1.165, 1.54) is 0 Å². The largest absolute Gasteiger partial charge is 0.480 e. The highest BCUT2D eigenvalue weighted by atomic mass is 79.9. The second kappa shape index (κ2) is 6.97. The second-order valence-electron chi connectivity index (χ2n) is 4.16. The van der Waals surface area contributed by atoms with Crippen LogP contribution in [0.2, 0.25) is 0 Å². The number of carboxylic acids is 1. The molecule has 2 aromatic rings. The number of hydrogen-bond acceptors (Lipinski definition) is 3. The first-order valence-corrected chi connectivity index (χ1v) is 7.47. The Balaban J connectivity index is 2.17. The van der Waals surface area contributed by atoms with Crippen LogP contribution < -0.4 is 5.32 Å². The summed E-state index contributed by atoms with van der Waals surface area (Å²) in [5.41, 5.74) is 1.48. The van der Waals surface area contributed by atoms with E-state index in [0.29, 0.717) is 16.7 Å². The Labute approximate surface area is 133 Å². The molecule has 104 valence electrons. The van der Waals surface area contributed by atoms with E-state index >= 15 is 0 Å². The van der Waals surface area contributed by atoms with Crippen LogP contribution in [-0.4, -0.2) is 16.1 Å². The van der Waals surface area contributed by atoms with Gasteiger partial charge in [-0.2, -0.15) is 0 Å². The van der Waals surface area contributed by atoms with Crippen molar-refractivity contribution in [3.05, 3.63) is 62.8 Å². The molecule has 20 heavy (non-hydrogen) atoms. The van der Waals surface area contributed by atoms with Gasteiger partial charge in [0.05, 0.1) is 5.69 Å². The van der Waals surface area contributed by atoms with Crippen LogP contribution in [0.5, 0.6) is 0 Å². The van der Waals surface area contributed by atoms with Crippen LogP contribution in [0.15, 0.2) is 51.5 Å². The Kier molecular flexibility index (Phi) is 5.28. The lowest BCUT2D eigenvalue weighted by molar-refractivity contribution is -0.139. The third-order valence-corrected chi connectivity index (χ3v) is 3.78. The lowest BCUT2D eigenvalue weighted by Crippen LogP contribution is -2.29. The fourth-order valence-electron chi connectivity index (χ4n) is 1.75. The molecule has 0 spiro atoms. The molecule has 0 aliphatic rings. The van der Waals surface area contributed by atoms with Crippen LogP contribution in [0.3, 0.4) is 0 Å². The highest BCUT2D eigenvalue weighted by Gasteiger charge is 2.23. The molecule has 0 radical (unpaired) electrons. The number of benzene rings is 1. The van der Waals surface area contributed by atoms with E-state index in [1.807, 2.05) is 30.3 Å². The summed E-state index contributed by atoms with van der Waals surface area (Å²) in [5, 5.41) is 12.4. The number of nitrogens with one attached hydrogen (secondary N) is 1. The highest BCUT2D eigenvalue weighted by Crippen LogP contribution is 2.25. The van der Waals surface area contributed by atoms with Gasteiger partial charge in [-0.3, -0.25) is 15.1 Å². The SMILES string of the molecule is O=C(O)C(NCc1ccccc1)c1ncc(Br)cc1Br. The molecule has 0 saturated carbocycles. The van der Waals surface area contributed by atoms with Crippen molar-refractivity contribution in [3.8, 4) is 0 Å². The standard InChI is InChI=1S/C14H12Br2N2O2/c15-10-6-11(16)12(18-8-10)13(14(19)20)17-7-9-4-2-1-3-5-9/h1-6,8,13,17H,7H2,(H,19,20). The van der Waals surface area contributed by atoms with Gasteiger partial charge in [0.25, 0.3) is 0 Å². The van der Waals surface area contributed by atoms with Gasteiger partial charge < -0.3 is 5.11 Å². The minimum Gasteiger partial charge on any atom is -0.480 e. The predicted octanol–water partition coefficient (Wildman–Crippen LogP) is 3.52. The molecule has 6 heteroatoms. The van der Waals surface area contributed by atoms with Crippen molar-refractivity contribution in [2.24, 2.45) is 0 Å². The molecule has 4 nitrogen and oxygen atoms in total. The van der Waals surface area contributed by atoms with Crippen molar-refractivity contribution in [3.63, 3.8) is 0 Å². The molecule has 1 heterocycles. The molecule has 2 rings (SSSR count). The third-order valence-electron chi connectivity index (χ3n) is 2.71. The van der Waals surface area contributed by atoms with Crippen LogP contribution in [0.4, 0.5) is 0 Å². The van der Waals surface area contributed by atoms with Crippen molar-refractivity contribution in [1.82, 2.24) is 10.3 Å². The fraction of sp³-hybridized carbons (Fsp3) is 0.143. The fourth-order valence-corrected chi connectivity index (χ4v) is 2.97. The van der Waals surface area contributed by atoms with Gasteiger partial charge in [0.1, 0.15) is 6.04 Å². The van der Waals surface area contributed by atoms with E-state index < -0.39 is 12.0 Å². The van der Waals surface area contributed by atoms with E-state index in [2.05, 4.69) is 42.2 Å². The van der Waals surface area contributed by atoms with Crippen molar-refractivity contribution < 1.29 is 9.90 Å². The molecule has 0 fully saturated rings. The molecule has 0 aliphatic carbocycles. The average molecular weight is 400 g/mol. The Bertz CT molecular complexity index is 605. The lowest BCUT2D eigenvalue weighted by atomic mass is 10.1. The van der Waals surface area contributed by atoms with Gasteiger partial charge in [-0.05, 0) is 43.5 Å². The Morgan fingerprint density at radius 1 is 1.30 bits per heavy atom. The molecule has 2 N–H and O–H groups in total. The van der Waals surface area contributed by atoms with Gasteiger partial charge in [0.2, 0.25) is 0 Å². The summed E-state index contributed by atoms with van der Waals surface area (Å²) in [6, 6.07) is 10.6. The topological polar surface area (TPSA) is 62.2 Å². The zero-order valence-corrected chi connectivity index (χ0v) is 13.6. The van der Waals surface area contributed by atoms with E-state index in [0.717, 1.165) is 10.0 Å². The molecule has 1 unspecified atom stereocenters. The maximum atomic E-state index is 11.4. The number of hydrogen-bond donors (Lipinski definition) is 2. The maximum absolute atomic E-state index is 11.4. The first kappa shape index (κ1) is 15.2. The molecule has 0 saturated heterocycles. The highest BCUT2D eigenvalue weighted by molar-refractivity contribution is 9.11. The van der Waals surface area contributed by atoms with Gasteiger partial charge in [0, 0.05) is 21.7 Å². The van der Waals surface area contributed by atoms with Crippen molar-refractivity contribution in [1.29, 1.82) is 0 Å². The number of aliphatic carboxylic acids is 1. The van der Waals surface area contributed by atoms with Crippen LogP contribution in [0, 0.1) is 0 Å².